The third-order valence-electron chi connectivity index (χ3n) is 4.55. The van der Waals surface area contributed by atoms with E-state index in [0.29, 0.717) is 13.0 Å². The molecule has 2 aliphatic rings. The first kappa shape index (κ1) is 14.1. The van der Waals surface area contributed by atoms with E-state index in [-0.39, 0.29) is 18.1 Å². The third-order valence-corrected chi connectivity index (χ3v) is 5.57. The molecule has 116 valence electrons. The van der Waals surface area contributed by atoms with E-state index in [0.717, 1.165) is 30.2 Å². The Kier molecular flexibility index (Phi) is 3.60. The van der Waals surface area contributed by atoms with Gasteiger partial charge in [-0.3, -0.25) is 9.69 Å². The summed E-state index contributed by atoms with van der Waals surface area (Å²) in [6.07, 6.45) is 0.632. The summed E-state index contributed by atoms with van der Waals surface area (Å²) >= 11 is 1.75. The van der Waals surface area contributed by atoms with E-state index in [2.05, 4.69) is 17.0 Å². The molecule has 2 atom stereocenters. The van der Waals surface area contributed by atoms with Gasteiger partial charge in [0.25, 0.3) is 0 Å². The second-order valence-corrected chi connectivity index (χ2v) is 7.12. The van der Waals surface area contributed by atoms with Gasteiger partial charge in [0.1, 0.15) is 5.01 Å². The molecule has 0 spiro atoms. The van der Waals surface area contributed by atoms with Gasteiger partial charge < -0.3 is 9.64 Å². The van der Waals surface area contributed by atoms with Crippen LogP contribution in [0.15, 0.2) is 24.3 Å². The predicted octanol–water partition coefficient (Wildman–Crippen LogP) is 1.73. The summed E-state index contributed by atoms with van der Waals surface area (Å²) in [5.74, 6) is 0.189. The van der Waals surface area contributed by atoms with Crippen LogP contribution in [0.4, 0.5) is 0 Å². The number of hydrogen-bond donors (Lipinski definition) is 0. The van der Waals surface area contributed by atoms with Crippen molar-refractivity contribution in [3.05, 3.63) is 29.3 Å². The molecule has 0 bridgehead atoms. The lowest BCUT2D eigenvalue weighted by molar-refractivity contribution is -0.131. The lowest BCUT2D eigenvalue weighted by Gasteiger charge is -2.25. The lowest BCUT2D eigenvalue weighted by Crippen LogP contribution is -2.42. The molecule has 1 aromatic heterocycles. The SMILES string of the molecule is CN1C(=O)CCO[C@H]2CN(Cc3nc4ccccc4s3)C[C@@H]21. The Balaban J connectivity index is 1.49. The van der Waals surface area contributed by atoms with Crippen molar-refractivity contribution in [2.75, 3.05) is 26.7 Å². The van der Waals surface area contributed by atoms with Crippen molar-refractivity contribution in [3.8, 4) is 0 Å². The van der Waals surface area contributed by atoms with Gasteiger partial charge in [0.15, 0.2) is 0 Å². The van der Waals surface area contributed by atoms with Gasteiger partial charge in [-0.05, 0) is 12.1 Å². The first-order valence-corrected chi connectivity index (χ1v) is 8.46. The van der Waals surface area contributed by atoms with Crippen molar-refractivity contribution < 1.29 is 9.53 Å². The largest absolute Gasteiger partial charge is 0.374 e. The van der Waals surface area contributed by atoms with Gasteiger partial charge in [-0.15, -0.1) is 11.3 Å². The zero-order valence-corrected chi connectivity index (χ0v) is 13.4. The Bertz CT molecular complexity index is 669. The van der Waals surface area contributed by atoms with E-state index in [1.54, 1.807) is 11.3 Å². The quantitative estimate of drug-likeness (QED) is 0.846. The average molecular weight is 317 g/mol. The van der Waals surface area contributed by atoms with Crippen molar-refractivity contribution >= 4 is 27.5 Å². The molecule has 0 saturated carbocycles. The van der Waals surface area contributed by atoms with Crippen molar-refractivity contribution in [3.63, 3.8) is 0 Å². The van der Waals surface area contributed by atoms with Gasteiger partial charge in [0.05, 0.1) is 41.9 Å². The van der Waals surface area contributed by atoms with Crippen LogP contribution in [0, 0.1) is 0 Å². The number of fused-ring (bicyclic) bond motifs is 2. The molecule has 1 aromatic carbocycles. The fourth-order valence-electron chi connectivity index (χ4n) is 3.34. The predicted molar refractivity (Wildman–Crippen MR) is 85.8 cm³/mol. The van der Waals surface area contributed by atoms with Crippen molar-refractivity contribution in [2.45, 2.75) is 25.1 Å². The summed E-state index contributed by atoms with van der Waals surface area (Å²) in [7, 11) is 1.90. The van der Waals surface area contributed by atoms with Crippen molar-refractivity contribution in [1.82, 2.24) is 14.8 Å². The molecule has 4 rings (SSSR count). The zero-order chi connectivity index (χ0) is 15.1. The Morgan fingerprint density at radius 3 is 3.09 bits per heavy atom. The van der Waals surface area contributed by atoms with E-state index < -0.39 is 0 Å². The standard InChI is InChI=1S/C16H19N3O2S/c1-18-12-8-19(9-13(12)21-7-6-16(18)20)10-15-17-11-4-2-3-5-14(11)22-15/h2-5,12-13H,6-10H2,1H3/t12-,13-/m0/s1. The minimum Gasteiger partial charge on any atom is -0.374 e. The number of aromatic nitrogens is 1. The highest BCUT2D eigenvalue weighted by molar-refractivity contribution is 7.18. The van der Waals surface area contributed by atoms with Gasteiger partial charge in [-0.1, -0.05) is 12.1 Å². The van der Waals surface area contributed by atoms with Crippen LogP contribution in [0.5, 0.6) is 0 Å². The molecule has 2 aromatic rings. The fourth-order valence-corrected chi connectivity index (χ4v) is 4.35. The van der Waals surface area contributed by atoms with Crippen molar-refractivity contribution in [1.29, 1.82) is 0 Å². The van der Waals surface area contributed by atoms with Crippen molar-refractivity contribution in [2.24, 2.45) is 0 Å². The molecule has 0 radical (unpaired) electrons. The number of rotatable bonds is 2. The Morgan fingerprint density at radius 1 is 1.36 bits per heavy atom. The number of carbonyl (C=O) groups is 1. The number of likely N-dealkylation sites (N-methyl/N-ethyl adjacent to an activating group) is 1. The van der Waals surface area contributed by atoms with E-state index in [4.69, 9.17) is 9.72 Å². The van der Waals surface area contributed by atoms with E-state index in [1.165, 1.54) is 4.70 Å². The van der Waals surface area contributed by atoms with Crippen LogP contribution in [-0.4, -0.2) is 59.6 Å². The summed E-state index contributed by atoms with van der Waals surface area (Å²) in [4.78, 5) is 20.9. The van der Waals surface area contributed by atoms with E-state index in [9.17, 15) is 4.79 Å². The molecule has 2 fully saturated rings. The zero-order valence-electron chi connectivity index (χ0n) is 12.6. The van der Waals surface area contributed by atoms with Gasteiger partial charge in [0.2, 0.25) is 5.91 Å². The molecular weight excluding hydrogens is 298 g/mol. The number of thiazole rings is 1. The first-order valence-electron chi connectivity index (χ1n) is 7.65. The van der Waals surface area contributed by atoms with Crippen LogP contribution in [0.25, 0.3) is 10.2 Å². The molecule has 0 unspecified atom stereocenters. The van der Waals surface area contributed by atoms with Crippen LogP contribution in [0.1, 0.15) is 11.4 Å². The topological polar surface area (TPSA) is 45.7 Å². The van der Waals surface area contributed by atoms with E-state index in [1.807, 2.05) is 24.1 Å². The summed E-state index contributed by atoms with van der Waals surface area (Å²) in [5.41, 5.74) is 1.07. The molecule has 5 nitrogen and oxygen atoms in total. The average Bonchev–Trinajstić information content (AvgIpc) is 3.06. The van der Waals surface area contributed by atoms with Gasteiger partial charge >= 0.3 is 0 Å². The number of likely N-dealkylation sites (tertiary alicyclic amines) is 1. The first-order chi connectivity index (χ1) is 10.7. The number of para-hydroxylation sites is 1. The third kappa shape index (κ3) is 2.51. The molecule has 6 heteroatoms. The maximum Gasteiger partial charge on any atom is 0.225 e. The lowest BCUT2D eigenvalue weighted by atomic mass is 10.2. The normalized spacial score (nSPS) is 26.4. The van der Waals surface area contributed by atoms with Crippen LogP contribution >= 0.6 is 11.3 Å². The minimum absolute atomic E-state index is 0.130. The second kappa shape index (κ2) is 5.61. The highest BCUT2D eigenvalue weighted by Gasteiger charge is 2.39. The maximum absolute atomic E-state index is 12.0. The molecular formula is C16H19N3O2S. The number of carbonyl (C=O) groups excluding carboxylic acids is 1. The molecule has 2 saturated heterocycles. The second-order valence-electron chi connectivity index (χ2n) is 6.00. The highest BCUT2D eigenvalue weighted by atomic mass is 32.1. The highest BCUT2D eigenvalue weighted by Crippen LogP contribution is 2.26. The Hall–Kier alpha value is -1.50. The van der Waals surface area contributed by atoms with Crippen LogP contribution < -0.4 is 0 Å². The molecule has 0 aliphatic carbocycles. The smallest absolute Gasteiger partial charge is 0.225 e. The van der Waals surface area contributed by atoms with Crippen LogP contribution in [-0.2, 0) is 16.1 Å². The summed E-state index contributed by atoms with van der Waals surface area (Å²) in [6.45, 7) is 3.11. The maximum atomic E-state index is 12.0. The Morgan fingerprint density at radius 2 is 2.23 bits per heavy atom. The van der Waals surface area contributed by atoms with Crippen LogP contribution in [0.3, 0.4) is 0 Å². The summed E-state index contributed by atoms with van der Waals surface area (Å²) < 4.78 is 7.10. The molecule has 22 heavy (non-hydrogen) atoms. The number of hydrogen-bond acceptors (Lipinski definition) is 5. The molecule has 1 amide bonds. The number of ether oxygens (including phenoxy) is 1. The Labute approximate surface area is 133 Å². The van der Waals surface area contributed by atoms with Gasteiger partial charge in [0, 0.05) is 20.1 Å². The fraction of sp³-hybridized carbons (Fsp3) is 0.500. The monoisotopic (exact) mass is 317 g/mol. The molecule has 2 aliphatic heterocycles. The summed E-state index contributed by atoms with van der Waals surface area (Å²) in [6, 6.07) is 8.41. The number of amides is 1. The molecule has 0 N–H and O–H groups in total. The number of nitrogens with zero attached hydrogens (tertiary/aromatic N) is 3. The van der Waals surface area contributed by atoms with Gasteiger partial charge in [-0.25, -0.2) is 4.98 Å². The van der Waals surface area contributed by atoms with E-state index >= 15 is 0 Å². The minimum atomic E-state index is 0.130. The molecule has 3 heterocycles. The van der Waals surface area contributed by atoms with Crippen LogP contribution in [0.2, 0.25) is 0 Å². The number of benzene rings is 1. The van der Waals surface area contributed by atoms with Gasteiger partial charge in [-0.2, -0.15) is 0 Å². The summed E-state index contributed by atoms with van der Waals surface area (Å²) in [5, 5.41) is 1.13.